The number of H-pyrrole nitrogens is 1. The van der Waals surface area contributed by atoms with Crippen molar-refractivity contribution in [1.82, 2.24) is 15.0 Å². The molecule has 1 aromatic carbocycles. The number of imidazole rings is 1. The van der Waals surface area contributed by atoms with Gasteiger partial charge in [-0.1, -0.05) is 6.07 Å². The molecule has 6 heteroatoms. The molecular weight excluding hydrogens is 323 g/mol. The normalized spacial score (nSPS) is 11.0. The lowest BCUT2D eigenvalue weighted by Crippen LogP contribution is -2.10. The standard InChI is InChI=1S/C14H12BrFN4/c1-20(2)11-7-6-10-13(18-11)19-14(17-10)12-8(15)4-3-5-9(12)16/h3-7H,1-2H3,(H,17,18,19). The summed E-state index contributed by atoms with van der Waals surface area (Å²) in [6.45, 7) is 0. The molecule has 4 nitrogen and oxygen atoms in total. The molecule has 102 valence electrons. The number of nitrogens with one attached hydrogen (secondary N) is 1. The number of fused-ring (bicyclic) bond motifs is 1. The fraction of sp³-hybridized carbons (Fsp3) is 0.143. The van der Waals surface area contributed by atoms with Crippen molar-refractivity contribution in [3.05, 3.63) is 40.6 Å². The molecule has 3 rings (SSSR count). The Bertz CT molecular complexity index is 762. The number of pyridine rings is 1. The minimum absolute atomic E-state index is 0.328. The van der Waals surface area contributed by atoms with E-state index in [0.717, 1.165) is 11.3 Å². The molecule has 0 amide bonds. The van der Waals surface area contributed by atoms with Crippen LogP contribution in [0.25, 0.3) is 22.6 Å². The average Bonchev–Trinajstić information content (AvgIpc) is 2.80. The summed E-state index contributed by atoms with van der Waals surface area (Å²) >= 11 is 3.35. The van der Waals surface area contributed by atoms with Crippen molar-refractivity contribution in [2.45, 2.75) is 0 Å². The van der Waals surface area contributed by atoms with E-state index >= 15 is 0 Å². The molecular formula is C14H12BrFN4. The molecule has 0 saturated heterocycles. The fourth-order valence-corrected chi connectivity index (χ4v) is 2.50. The summed E-state index contributed by atoms with van der Waals surface area (Å²) in [5.74, 6) is 0.947. The summed E-state index contributed by atoms with van der Waals surface area (Å²) in [6.07, 6.45) is 0. The molecule has 1 N–H and O–H groups in total. The maximum atomic E-state index is 14.0. The van der Waals surface area contributed by atoms with Gasteiger partial charge in [-0.05, 0) is 40.2 Å². The Morgan fingerprint density at radius 1 is 1.15 bits per heavy atom. The quantitative estimate of drug-likeness (QED) is 0.778. The second kappa shape index (κ2) is 4.86. The van der Waals surface area contributed by atoms with Crippen LogP contribution >= 0.6 is 15.9 Å². The van der Waals surface area contributed by atoms with E-state index in [1.807, 2.05) is 31.1 Å². The first-order valence-corrected chi connectivity index (χ1v) is 6.84. The molecule has 0 aliphatic rings. The molecule has 20 heavy (non-hydrogen) atoms. The number of benzene rings is 1. The van der Waals surface area contributed by atoms with Crippen LogP contribution < -0.4 is 4.90 Å². The van der Waals surface area contributed by atoms with Crippen LogP contribution in [-0.4, -0.2) is 29.0 Å². The summed E-state index contributed by atoms with van der Waals surface area (Å²) in [6, 6.07) is 8.62. The number of rotatable bonds is 2. The first kappa shape index (κ1) is 13.1. The molecule has 0 bridgehead atoms. The van der Waals surface area contributed by atoms with Gasteiger partial charge in [0.15, 0.2) is 5.65 Å². The van der Waals surface area contributed by atoms with E-state index in [0.29, 0.717) is 21.5 Å². The molecule has 0 aliphatic carbocycles. The van der Waals surface area contributed by atoms with Crippen LogP contribution in [0.1, 0.15) is 0 Å². The number of halogens is 2. The lowest BCUT2D eigenvalue weighted by molar-refractivity contribution is 0.629. The highest BCUT2D eigenvalue weighted by atomic mass is 79.9. The first-order chi connectivity index (χ1) is 9.56. The summed E-state index contributed by atoms with van der Waals surface area (Å²) < 4.78 is 14.6. The number of aromatic nitrogens is 3. The Balaban J connectivity index is 2.18. The minimum Gasteiger partial charge on any atom is -0.363 e. The predicted octanol–water partition coefficient (Wildman–Crippen LogP) is 3.59. The molecule has 0 spiro atoms. The van der Waals surface area contributed by atoms with Gasteiger partial charge in [-0.15, -0.1) is 0 Å². The van der Waals surface area contributed by atoms with Gasteiger partial charge in [0.2, 0.25) is 0 Å². The van der Waals surface area contributed by atoms with Crippen molar-refractivity contribution in [3.8, 4) is 11.4 Å². The highest BCUT2D eigenvalue weighted by Crippen LogP contribution is 2.30. The Morgan fingerprint density at radius 2 is 1.95 bits per heavy atom. The van der Waals surface area contributed by atoms with Crippen LogP contribution in [-0.2, 0) is 0 Å². The third kappa shape index (κ3) is 2.16. The number of aromatic amines is 1. The number of anilines is 1. The zero-order valence-corrected chi connectivity index (χ0v) is 12.6. The molecule has 3 aromatic rings. The average molecular weight is 335 g/mol. The van der Waals surface area contributed by atoms with E-state index in [1.165, 1.54) is 6.07 Å². The number of hydrogen-bond acceptors (Lipinski definition) is 3. The van der Waals surface area contributed by atoms with E-state index in [9.17, 15) is 4.39 Å². The molecule has 0 radical (unpaired) electrons. The van der Waals surface area contributed by atoms with Crippen LogP contribution in [0.2, 0.25) is 0 Å². The Hall–Kier alpha value is -1.95. The summed E-state index contributed by atoms with van der Waals surface area (Å²) in [7, 11) is 3.82. The molecule has 2 aromatic heterocycles. The monoisotopic (exact) mass is 334 g/mol. The summed E-state index contributed by atoms with van der Waals surface area (Å²) in [5, 5.41) is 0. The van der Waals surface area contributed by atoms with Gasteiger partial charge < -0.3 is 9.88 Å². The smallest absolute Gasteiger partial charge is 0.180 e. The van der Waals surface area contributed by atoms with E-state index in [4.69, 9.17) is 0 Å². The van der Waals surface area contributed by atoms with Crippen LogP contribution in [0.15, 0.2) is 34.8 Å². The third-order valence-electron chi connectivity index (χ3n) is 2.99. The van der Waals surface area contributed by atoms with Crippen molar-refractivity contribution in [2.75, 3.05) is 19.0 Å². The van der Waals surface area contributed by atoms with E-state index in [-0.39, 0.29) is 5.82 Å². The van der Waals surface area contributed by atoms with Crippen molar-refractivity contribution >= 4 is 32.9 Å². The largest absolute Gasteiger partial charge is 0.363 e. The Labute approximate surface area is 123 Å². The second-order valence-corrected chi connectivity index (χ2v) is 5.47. The van der Waals surface area contributed by atoms with Gasteiger partial charge in [0.1, 0.15) is 17.5 Å². The van der Waals surface area contributed by atoms with Gasteiger partial charge in [0, 0.05) is 18.6 Å². The molecule has 0 fully saturated rings. The van der Waals surface area contributed by atoms with Crippen molar-refractivity contribution in [3.63, 3.8) is 0 Å². The molecule has 0 aliphatic heterocycles. The second-order valence-electron chi connectivity index (χ2n) is 4.62. The van der Waals surface area contributed by atoms with Crippen LogP contribution in [0.4, 0.5) is 10.2 Å². The van der Waals surface area contributed by atoms with E-state index < -0.39 is 0 Å². The Morgan fingerprint density at radius 3 is 2.65 bits per heavy atom. The molecule has 0 unspecified atom stereocenters. The van der Waals surface area contributed by atoms with Crippen LogP contribution in [0, 0.1) is 5.82 Å². The van der Waals surface area contributed by atoms with Gasteiger partial charge in [0.25, 0.3) is 0 Å². The maximum Gasteiger partial charge on any atom is 0.180 e. The molecule has 2 heterocycles. The maximum absolute atomic E-state index is 14.0. The SMILES string of the molecule is CN(C)c1ccc2[nH]c(-c3c(F)cccc3Br)nc2n1. The molecule has 0 atom stereocenters. The topological polar surface area (TPSA) is 44.8 Å². The van der Waals surface area contributed by atoms with Crippen LogP contribution in [0.3, 0.4) is 0 Å². The van der Waals surface area contributed by atoms with E-state index in [2.05, 4.69) is 30.9 Å². The minimum atomic E-state index is -0.328. The van der Waals surface area contributed by atoms with Crippen LogP contribution in [0.5, 0.6) is 0 Å². The van der Waals surface area contributed by atoms with Gasteiger partial charge in [0.05, 0.1) is 11.1 Å². The van der Waals surface area contributed by atoms with Gasteiger partial charge >= 0.3 is 0 Å². The molecule has 0 saturated carbocycles. The van der Waals surface area contributed by atoms with Gasteiger partial charge in [-0.3, -0.25) is 0 Å². The summed E-state index contributed by atoms with van der Waals surface area (Å²) in [4.78, 5) is 13.8. The number of nitrogens with zero attached hydrogens (tertiary/aromatic N) is 3. The third-order valence-corrected chi connectivity index (χ3v) is 3.65. The first-order valence-electron chi connectivity index (χ1n) is 6.05. The lowest BCUT2D eigenvalue weighted by atomic mass is 10.2. The van der Waals surface area contributed by atoms with E-state index in [1.54, 1.807) is 12.1 Å². The fourth-order valence-electron chi connectivity index (χ4n) is 1.97. The lowest BCUT2D eigenvalue weighted by Gasteiger charge is -2.09. The van der Waals surface area contributed by atoms with Crippen molar-refractivity contribution < 1.29 is 4.39 Å². The summed E-state index contributed by atoms with van der Waals surface area (Å²) in [5.41, 5.74) is 1.76. The highest BCUT2D eigenvalue weighted by Gasteiger charge is 2.14. The van der Waals surface area contributed by atoms with Gasteiger partial charge in [-0.2, -0.15) is 0 Å². The number of hydrogen-bond donors (Lipinski definition) is 1. The van der Waals surface area contributed by atoms with Crippen molar-refractivity contribution in [2.24, 2.45) is 0 Å². The predicted molar refractivity (Wildman–Crippen MR) is 81.3 cm³/mol. The zero-order chi connectivity index (χ0) is 14.3. The van der Waals surface area contributed by atoms with Crippen molar-refractivity contribution in [1.29, 1.82) is 0 Å². The van der Waals surface area contributed by atoms with Gasteiger partial charge in [-0.25, -0.2) is 14.4 Å². The zero-order valence-electron chi connectivity index (χ0n) is 11.0. The highest BCUT2D eigenvalue weighted by molar-refractivity contribution is 9.10. The Kier molecular flexibility index (Phi) is 3.17.